The van der Waals surface area contributed by atoms with Crippen molar-refractivity contribution in [1.29, 1.82) is 0 Å². The van der Waals surface area contributed by atoms with E-state index >= 15 is 0 Å². The minimum absolute atomic E-state index is 0.800. The molecular formula is C17H32N2S. The first-order valence-corrected chi connectivity index (χ1v) is 10.0. The average molecular weight is 297 g/mol. The molecule has 0 aromatic heterocycles. The lowest BCUT2D eigenvalue weighted by Crippen LogP contribution is -2.50. The van der Waals surface area contributed by atoms with E-state index in [0.29, 0.717) is 0 Å². The molecule has 0 aromatic rings. The Bertz CT molecular complexity index is 291. The van der Waals surface area contributed by atoms with Gasteiger partial charge in [-0.1, -0.05) is 26.2 Å². The second-order valence-corrected chi connectivity index (χ2v) is 8.47. The molecule has 2 saturated carbocycles. The van der Waals surface area contributed by atoms with Crippen molar-refractivity contribution in [2.45, 2.75) is 88.1 Å². The predicted octanol–water partition coefficient (Wildman–Crippen LogP) is 3.56. The highest BCUT2D eigenvalue weighted by Gasteiger charge is 2.37. The van der Waals surface area contributed by atoms with E-state index in [1.165, 1.54) is 70.1 Å². The van der Waals surface area contributed by atoms with Crippen LogP contribution in [0.4, 0.5) is 0 Å². The molecular weight excluding hydrogens is 264 g/mol. The molecule has 2 N–H and O–H groups in total. The van der Waals surface area contributed by atoms with Crippen LogP contribution >= 0.6 is 11.8 Å². The van der Waals surface area contributed by atoms with Gasteiger partial charge in [-0.25, -0.2) is 0 Å². The zero-order chi connectivity index (χ0) is 13.8. The summed E-state index contributed by atoms with van der Waals surface area (Å²) in [5.74, 6) is 2.18. The topological polar surface area (TPSA) is 24.1 Å². The highest BCUT2D eigenvalue weighted by molar-refractivity contribution is 7.99. The molecule has 0 radical (unpaired) electrons. The largest absolute Gasteiger partial charge is 0.314 e. The van der Waals surface area contributed by atoms with Crippen molar-refractivity contribution in [2.24, 2.45) is 5.92 Å². The Morgan fingerprint density at radius 1 is 0.950 bits per heavy atom. The monoisotopic (exact) mass is 296 g/mol. The van der Waals surface area contributed by atoms with E-state index in [9.17, 15) is 0 Å². The van der Waals surface area contributed by atoms with E-state index in [1.807, 2.05) is 0 Å². The summed E-state index contributed by atoms with van der Waals surface area (Å²) in [5, 5.41) is 8.80. The van der Waals surface area contributed by atoms with Crippen molar-refractivity contribution in [2.75, 3.05) is 12.3 Å². The maximum atomic E-state index is 4.10. The molecule has 2 nitrogen and oxygen atoms in total. The standard InChI is InChI=1S/C17H32N2S/c1-2-20-17-11-6-10-16(17)19-15-9-5-7-13(15)14-8-3-4-12-18-14/h13-19H,2-12H2,1H3. The van der Waals surface area contributed by atoms with Crippen LogP contribution in [0.5, 0.6) is 0 Å². The van der Waals surface area contributed by atoms with E-state index in [1.54, 1.807) is 0 Å². The summed E-state index contributed by atoms with van der Waals surface area (Å²) < 4.78 is 0. The van der Waals surface area contributed by atoms with Crippen molar-refractivity contribution >= 4 is 11.8 Å². The molecule has 0 aromatic carbocycles. The van der Waals surface area contributed by atoms with Gasteiger partial charge in [0.25, 0.3) is 0 Å². The maximum absolute atomic E-state index is 4.10. The number of hydrogen-bond acceptors (Lipinski definition) is 3. The molecule has 3 rings (SSSR count). The average Bonchev–Trinajstić information content (AvgIpc) is 3.11. The summed E-state index contributed by atoms with van der Waals surface area (Å²) in [6.45, 7) is 3.57. The van der Waals surface area contributed by atoms with Gasteiger partial charge in [-0.15, -0.1) is 0 Å². The maximum Gasteiger partial charge on any atom is 0.0201 e. The van der Waals surface area contributed by atoms with Gasteiger partial charge < -0.3 is 10.6 Å². The van der Waals surface area contributed by atoms with Gasteiger partial charge in [-0.05, 0) is 56.7 Å². The fraction of sp³-hybridized carbons (Fsp3) is 1.00. The SMILES string of the molecule is CCSC1CCCC1NC1CCCC1C1CCCCN1. The first-order valence-electron chi connectivity index (χ1n) is 8.99. The van der Waals surface area contributed by atoms with Gasteiger partial charge in [0.1, 0.15) is 0 Å². The van der Waals surface area contributed by atoms with E-state index < -0.39 is 0 Å². The molecule has 5 unspecified atom stereocenters. The molecule has 1 saturated heterocycles. The highest BCUT2D eigenvalue weighted by atomic mass is 32.2. The van der Waals surface area contributed by atoms with Crippen molar-refractivity contribution in [1.82, 2.24) is 10.6 Å². The van der Waals surface area contributed by atoms with Gasteiger partial charge in [-0.2, -0.15) is 11.8 Å². The molecule has 3 heteroatoms. The summed E-state index contributed by atoms with van der Waals surface area (Å²) in [6, 6.07) is 2.41. The third kappa shape index (κ3) is 3.53. The van der Waals surface area contributed by atoms with Gasteiger partial charge in [0.05, 0.1) is 0 Å². The minimum atomic E-state index is 0.800. The molecule has 1 aliphatic heterocycles. The highest BCUT2D eigenvalue weighted by Crippen LogP contribution is 2.35. The van der Waals surface area contributed by atoms with E-state index in [4.69, 9.17) is 0 Å². The van der Waals surface area contributed by atoms with Crippen molar-refractivity contribution < 1.29 is 0 Å². The molecule has 0 spiro atoms. The van der Waals surface area contributed by atoms with Crippen molar-refractivity contribution in [3.8, 4) is 0 Å². The molecule has 5 atom stereocenters. The third-order valence-electron chi connectivity index (χ3n) is 5.70. The first kappa shape index (κ1) is 15.2. The number of piperidine rings is 1. The second-order valence-electron chi connectivity index (χ2n) is 6.96. The molecule has 1 heterocycles. The Morgan fingerprint density at radius 2 is 1.80 bits per heavy atom. The van der Waals surface area contributed by atoms with Crippen LogP contribution in [-0.4, -0.2) is 35.7 Å². The zero-order valence-corrected chi connectivity index (χ0v) is 13.9. The van der Waals surface area contributed by atoms with Crippen molar-refractivity contribution in [3.05, 3.63) is 0 Å². The van der Waals surface area contributed by atoms with Crippen LogP contribution in [0.3, 0.4) is 0 Å². The number of hydrogen-bond donors (Lipinski definition) is 2. The van der Waals surface area contributed by atoms with Gasteiger partial charge in [0.15, 0.2) is 0 Å². The summed E-state index contributed by atoms with van der Waals surface area (Å²) in [6.07, 6.45) is 12.9. The Labute approximate surface area is 129 Å². The predicted molar refractivity (Wildman–Crippen MR) is 89.5 cm³/mol. The lowest BCUT2D eigenvalue weighted by Gasteiger charge is -2.35. The van der Waals surface area contributed by atoms with Crippen LogP contribution in [0.25, 0.3) is 0 Å². The molecule has 2 aliphatic carbocycles. The summed E-state index contributed by atoms with van der Waals surface area (Å²) in [7, 11) is 0. The van der Waals surface area contributed by atoms with Crippen LogP contribution in [0.1, 0.15) is 64.7 Å². The Hall–Kier alpha value is 0.270. The molecule has 20 heavy (non-hydrogen) atoms. The normalized spacial score (nSPS) is 42.1. The summed E-state index contributed by atoms with van der Waals surface area (Å²) in [5.41, 5.74) is 0. The molecule has 0 amide bonds. The Balaban J connectivity index is 1.55. The fourth-order valence-electron chi connectivity index (χ4n) is 4.73. The first-order chi connectivity index (χ1) is 9.88. The Morgan fingerprint density at radius 3 is 2.60 bits per heavy atom. The molecule has 116 valence electrons. The van der Waals surface area contributed by atoms with Crippen molar-refractivity contribution in [3.63, 3.8) is 0 Å². The molecule has 3 aliphatic rings. The number of nitrogens with one attached hydrogen (secondary N) is 2. The van der Waals surface area contributed by atoms with Gasteiger partial charge >= 0.3 is 0 Å². The Kier molecular flexibility index (Phi) is 5.70. The third-order valence-corrected chi connectivity index (χ3v) is 7.02. The quantitative estimate of drug-likeness (QED) is 0.811. The zero-order valence-electron chi connectivity index (χ0n) is 13.1. The van der Waals surface area contributed by atoms with Gasteiger partial charge in [0.2, 0.25) is 0 Å². The molecule has 0 bridgehead atoms. The van der Waals surface area contributed by atoms with Crippen LogP contribution < -0.4 is 10.6 Å². The van der Waals surface area contributed by atoms with Gasteiger partial charge in [0, 0.05) is 23.4 Å². The second kappa shape index (κ2) is 7.51. The fourth-order valence-corrected chi connectivity index (χ4v) is 5.94. The lowest BCUT2D eigenvalue weighted by atomic mass is 9.88. The lowest BCUT2D eigenvalue weighted by molar-refractivity contribution is 0.246. The minimum Gasteiger partial charge on any atom is -0.314 e. The van der Waals surface area contributed by atoms with Crippen LogP contribution in [-0.2, 0) is 0 Å². The van der Waals surface area contributed by atoms with E-state index in [0.717, 1.165) is 29.3 Å². The number of thioether (sulfide) groups is 1. The number of rotatable bonds is 5. The van der Waals surface area contributed by atoms with E-state index in [2.05, 4.69) is 29.3 Å². The van der Waals surface area contributed by atoms with Crippen LogP contribution in [0, 0.1) is 5.92 Å². The van der Waals surface area contributed by atoms with Crippen LogP contribution in [0.15, 0.2) is 0 Å². The smallest absolute Gasteiger partial charge is 0.0201 e. The van der Waals surface area contributed by atoms with E-state index in [-0.39, 0.29) is 0 Å². The summed E-state index contributed by atoms with van der Waals surface area (Å²) >= 11 is 2.19. The van der Waals surface area contributed by atoms with Gasteiger partial charge in [-0.3, -0.25) is 0 Å². The van der Waals surface area contributed by atoms with Crippen LogP contribution in [0.2, 0.25) is 0 Å². The molecule has 3 fully saturated rings. The summed E-state index contributed by atoms with van der Waals surface area (Å²) in [4.78, 5) is 0.